The minimum Gasteiger partial charge on any atom is -0.385 e. The van der Waals surface area contributed by atoms with Crippen molar-refractivity contribution < 1.29 is 9.50 Å². The fourth-order valence-electron chi connectivity index (χ4n) is 0.826. The van der Waals surface area contributed by atoms with Crippen molar-refractivity contribution in [2.45, 2.75) is 0 Å². The third kappa shape index (κ3) is 1.46. The molecule has 0 saturated carbocycles. The van der Waals surface area contributed by atoms with Crippen LogP contribution in [0.5, 0.6) is 0 Å². The molecule has 0 bridgehead atoms. The predicted molar refractivity (Wildman–Crippen MR) is 41.8 cm³/mol. The first-order valence-corrected chi connectivity index (χ1v) is 3.18. The van der Waals surface area contributed by atoms with Gasteiger partial charge in [-0.2, -0.15) is 0 Å². The Hall–Kier alpha value is -1.15. The molecule has 0 unspecified atom stereocenters. The van der Waals surface area contributed by atoms with Crippen LogP contribution in [0.1, 0.15) is 11.1 Å². The van der Waals surface area contributed by atoms with Crippen molar-refractivity contribution in [3.63, 3.8) is 0 Å². The molecule has 0 heterocycles. The molecule has 2 heteroatoms. The molecule has 0 fully saturated rings. The Labute approximate surface area is 64.8 Å². The van der Waals surface area contributed by atoms with Crippen LogP contribution in [0.25, 0.3) is 6.08 Å². The molecule has 11 heavy (non-hydrogen) atoms. The van der Waals surface area contributed by atoms with Crippen LogP contribution in [-0.4, -0.2) is 5.11 Å². The Bertz CT molecular complexity index is 268. The summed E-state index contributed by atoms with van der Waals surface area (Å²) in [7, 11) is 0. The van der Waals surface area contributed by atoms with Crippen LogP contribution in [0, 0.1) is 12.4 Å². The van der Waals surface area contributed by atoms with Crippen LogP contribution in [0.3, 0.4) is 0 Å². The molecule has 0 aliphatic carbocycles. The zero-order valence-corrected chi connectivity index (χ0v) is 5.92. The molecule has 0 aliphatic heterocycles. The average molecular weight is 151 g/mol. The molecule has 1 N–H and O–H groups in total. The van der Waals surface area contributed by atoms with Crippen molar-refractivity contribution >= 4 is 6.08 Å². The topological polar surface area (TPSA) is 20.2 Å². The molecule has 0 aliphatic rings. The molecule has 0 amide bonds. The lowest BCUT2D eigenvalue weighted by atomic mass is 10.1. The van der Waals surface area contributed by atoms with Crippen LogP contribution in [0.15, 0.2) is 24.8 Å². The van der Waals surface area contributed by atoms with Crippen LogP contribution < -0.4 is 0 Å². The van der Waals surface area contributed by atoms with E-state index in [4.69, 9.17) is 5.11 Å². The van der Waals surface area contributed by atoms with E-state index in [9.17, 15) is 4.39 Å². The fraction of sp³-hybridized carbons (Fsp3) is 0. The maximum absolute atomic E-state index is 13.0. The summed E-state index contributed by atoms with van der Waals surface area (Å²) in [5.41, 5.74) is 0.579. The van der Waals surface area contributed by atoms with Gasteiger partial charge in [0.15, 0.2) is 0 Å². The SMILES string of the molecule is C=Cc1cccc([CH]O)c1F. The van der Waals surface area contributed by atoms with E-state index in [-0.39, 0.29) is 5.56 Å². The molecule has 0 aromatic heterocycles. The van der Waals surface area contributed by atoms with E-state index in [1.165, 1.54) is 12.1 Å². The monoisotopic (exact) mass is 151 g/mol. The van der Waals surface area contributed by atoms with E-state index < -0.39 is 5.82 Å². The summed E-state index contributed by atoms with van der Waals surface area (Å²) < 4.78 is 13.0. The summed E-state index contributed by atoms with van der Waals surface area (Å²) in [6.07, 6.45) is 1.41. The number of aliphatic hydroxyl groups is 1. The van der Waals surface area contributed by atoms with E-state index in [1.54, 1.807) is 12.1 Å². The standard InChI is InChI=1S/C9H8FO/c1-2-7-4-3-5-8(6-11)9(7)10/h2-6,11H,1H2. The first kappa shape index (κ1) is 7.95. The maximum atomic E-state index is 13.0. The van der Waals surface area contributed by atoms with Gasteiger partial charge in [0.25, 0.3) is 0 Å². The largest absolute Gasteiger partial charge is 0.385 e. The molecular weight excluding hydrogens is 143 g/mol. The van der Waals surface area contributed by atoms with Gasteiger partial charge in [0.2, 0.25) is 0 Å². The Kier molecular flexibility index (Phi) is 2.39. The quantitative estimate of drug-likeness (QED) is 0.687. The molecule has 1 rings (SSSR count). The van der Waals surface area contributed by atoms with Gasteiger partial charge in [-0.25, -0.2) is 4.39 Å². The highest BCUT2D eigenvalue weighted by molar-refractivity contribution is 5.49. The summed E-state index contributed by atoms with van der Waals surface area (Å²) in [4.78, 5) is 0. The second-order valence-corrected chi connectivity index (χ2v) is 2.08. The Morgan fingerprint density at radius 1 is 1.36 bits per heavy atom. The van der Waals surface area contributed by atoms with Gasteiger partial charge in [0.1, 0.15) is 12.4 Å². The minimum atomic E-state index is -0.440. The van der Waals surface area contributed by atoms with E-state index in [2.05, 4.69) is 6.58 Å². The first-order chi connectivity index (χ1) is 5.29. The highest BCUT2D eigenvalue weighted by Gasteiger charge is 2.03. The zero-order valence-electron chi connectivity index (χ0n) is 5.92. The summed E-state index contributed by atoms with van der Waals surface area (Å²) >= 11 is 0. The maximum Gasteiger partial charge on any atom is 0.136 e. The van der Waals surface area contributed by atoms with Gasteiger partial charge >= 0.3 is 0 Å². The Morgan fingerprint density at radius 2 is 2.00 bits per heavy atom. The number of benzene rings is 1. The third-order valence-electron chi connectivity index (χ3n) is 1.42. The number of hydrogen-bond donors (Lipinski definition) is 1. The predicted octanol–water partition coefficient (Wildman–Crippen LogP) is 2.35. The van der Waals surface area contributed by atoms with Gasteiger partial charge in [0.05, 0.1) is 0 Å². The van der Waals surface area contributed by atoms with Crippen molar-refractivity contribution in [3.8, 4) is 0 Å². The summed E-state index contributed by atoms with van der Waals surface area (Å²) in [6.45, 7) is 4.17. The molecule has 0 spiro atoms. The molecule has 1 aromatic rings. The summed E-state index contributed by atoms with van der Waals surface area (Å²) in [5.74, 6) is -0.440. The van der Waals surface area contributed by atoms with Gasteiger partial charge in [-0.1, -0.05) is 30.9 Å². The van der Waals surface area contributed by atoms with Crippen molar-refractivity contribution in [1.82, 2.24) is 0 Å². The number of rotatable bonds is 2. The smallest absolute Gasteiger partial charge is 0.136 e. The van der Waals surface area contributed by atoms with Crippen LogP contribution >= 0.6 is 0 Å². The summed E-state index contributed by atoms with van der Waals surface area (Å²) in [5, 5.41) is 8.54. The summed E-state index contributed by atoms with van der Waals surface area (Å²) in [6, 6.07) is 4.74. The molecular formula is C9H8FO. The number of halogens is 1. The highest BCUT2D eigenvalue weighted by atomic mass is 19.1. The minimum absolute atomic E-state index is 0.183. The van der Waals surface area contributed by atoms with E-state index in [1.807, 2.05) is 0 Å². The van der Waals surface area contributed by atoms with Gasteiger partial charge < -0.3 is 5.11 Å². The normalized spacial score (nSPS) is 9.64. The molecule has 1 aromatic carbocycles. The van der Waals surface area contributed by atoms with Crippen molar-refractivity contribution in [3.05, 3.63) is 48.3 Å². The van der Waals surface area contributed by atoms with Crippen LogP contribution in [0.2, 0.25) is 0 Å². The number of hydrogen-bond acceptors (Lipinski definition) is 1. The van der Waals surface area contributed by atoms with Crippen molar-refractivity contribution in [1.29, 1.82) is 0 Å². The zero-order chi connectivity index (χ0) is 8.27. The second-order valence-electron chi connectivity index (χ2n) is 2.08. The first-order valence-electron chi connectivity index (χ1n) is 3.18. The lowest BCUT2D eigenvalue weighted by Crippen LogP contribution is -1.89. The second kappa shape index (κ2) is 3.30. The molecule has 0 atom stereocenters. The molecule has 57 valence electrons. The Morgan fingerprint density at radius 3 is 2.55 bits per heavy atom. The lowest BCUT2D eigenvalue weighted by Gasteiger charge is -2.00. The van der Waals surface area contributed by atoms with E-state index >= 15 is 0 Å². The highest BCUT2D eigenvalue weighted by Crippen LogP contribution is 2.14. The van der Waals surface area contributed by atoms with E-state index in [0.717, 1.165) is 6.61 Å². The molecule has 0 saturated heterocycles. The van der Waals surface area contributed by atoms with Gasteiger partial charge in [-0.15, -0.1) is 0 Å². The lowest BCUT2D eigenvalue weighted by molar-refractivity contribution is 0.407. The third-order valence-corrected chi connectivity index (χ3v) is 1.42. The van der Waals surface area contributed by atoms with Gasteiger partial charge in [-0.3, -0.25) is 0 Å². The van der Waals surface area contributed by atoms with Gasteiger partial charge in [0, 0.05) is 11.1 Å². The van der Waals surface area contributed by atoms with Crippen molar-refractivity contribution in [2.24, 2.45) is 0 Å². The number of aliphatic hydroxyl groups excluding tert-OH is 1. The molecule has 1 radical (unpaired) electrons. The van der Waals surface area contributed by atoms with E-state index in [0.29, 0.717) is 5.56 Å². The Balaban J connectivity index is 3.20. The van der Waals surface area contributed by atoms with Crippen molar-refractivity contribution in [2.75, 3.05) is 0 Å². The molecule has 1 nitrogen and oxygen atoms in total. The average Bonchev–Trinajstić information content (AvgIpc) is 2.05. The van der Waals surface area contributed by atoms with Crippen LogP contribution in [0.4, 0.5) is 4.39 Å². The van der Waals surface area contributed by atoms with Crippen LogP contribution in [-0.2, 0) is 0 Å². The fourth-order valence-corrected chi connectivity index (χ4v) is 0.826. The van der Waals surface area contributed by atoms with Gasteiger partial charge in [-0.05, 0) is 0 Å².